The highest BCUT2D eigenvalue weighted by Crippen LogP contribution is 2.20. The number of aromatic nitrogens is 2. The van der Waals surface area contributed by atoms with Gasteiger partial charge in [-0.15, -0.1) is 0 Å². The molecule has 0 atom stereocenters. The molecule has 0 aliphatic rings. The molecule has 29 heavy (non-hydrogen) atoms. The summed E-state index contributed by atoms with van der Waals surface area (Å²) in [5.74, 6) is 0.840. The molecular formula is C24H24N4O. The minimum atomic E-state index is -0.0547. The number of hydrogen-bond acceptors (Lipinski definition) is 3. The molecule has 4 aromatic rings. The Labute approximate surface area is 170 Å². The van der Waals surface area contributed by atoms with Crippen molar-refractivity contribution in [2.24, 2.45) is 0 Å². The zero-order valence-electron chi connectivity index (χ0n) is 16.4. The van der Waals surface area contributed by atoms with E-state index >= 15 is 0 Å². The van der Waals surface area contributed by atoms with Gasteiger partial charge in [0.25, 0.3) is 0 Å². The van der Waals surface area contributed by atoms with E-state index in [0.717, 1.165) is 35.4 Å². The fraction of sp³-hybridized carbons (Fsp3) is 0.167. The van der Waals surface area contributed by atoms with E-state index in [1.54, 1.807) is 6.20 Å². The van der Waals surface area contributed by atoms with Crippen LogP contribution in [0.25, 0.3) is 10.9 Å². The number of nitrogens with one attached hydrogen (secondary N) is 2. The lowest BCUT2D eigenvalue weighted by molar-refractivity contribution is -0.115. The summed E-state index contributed by atoms with van der Waals surface area (Å²) < 4.78 is 0. The zero-order chi connectivity index (χ0) is 20.1. The second-order valence-electron chi connectivity index (χ2n) is 6.99. The fourth-order valence-corrected chi connectivity index (χ4v) is 3.46. The van der Waals surface area contributed by atoms with Crippen LogP contribution < -0.4 is 10.2 Å². The Morgan fingerprint density at radius 1 is 1.03 bits per heavy atom. The molecule has 2 heterocycles. The van der Waals surface area contributed by atoms with Crippen molar-refractivity contribution in [2.45, 2.75) is 19.9 Å². The maximum absolute atomic E-state index is 12.5. The maximum Gasteiger partial charge on any atom is 0.228 e. The highest BCUT2D eigenvalue weighted by molar-refractivity contribution is 5.95. The molecule has 0 spiro atoms. The number of hydrogen-bond donors (Lipinski definition) is 2. The smallest absolute Gasteiger partial charge is 0.228 e. The lowest BCUT2D eigenvalue weighted by Crippen LogP contribution is -2.23. The minimum absolute atomic E-state index is 0.0547. The van der Waals surface area contributed by atoms with Gasteiger partial charge in [-0.1, -0.05) is 48.5 Å². The van der Waals surface area contributed by atoms with Crippen LogP contribution in [-0.2, 0) is 17.8 Å². The van der Waals surface area contributed by atoms with Gasteiger partial charge in [-0.2, -0.15) is 0 Å². The highest BCUT2D eigenvalue weighted by Gasteiger charge is 2.10. The van der Waals surface area contributed by atoms with Gasteiger partial charge >= 0.3 is 0 Å². The van der Waals surface area contributed by atoms with Gasteiger partial charge in [-0.25, -0.2) is 4.98 Å². The number of carbonyl (C=O) groups excluding carboxylic acids is 1. The third-order valence-corrected chi connectivity index (χ3v) is 4.98. The van der Waals surface area contributed by atoms with Crippen molar-refractivity contribution >= 4 is 28.3 Å². The summed E-state index contributed by atoms with van der Waals surface area (Å²) >= 11 is 0. The molecule has 0 unspecified atom stereocenters. The molecule has 5 nitrogen and oxygen atoms in total. The van der Waals surface area contributed by atoms with Crippen molar-refractivity contribution in [3.8, 4) is 0 Å². The van der Waals surface area contributed by atoms with Gasteiger partial charge in [0.2, 0.25) is 5.91 Å². The number of aromatic amines is 1. The van der Waals surface area contributed by atoms with E-state index in [2.05, 4.69) is 39.2 Å². The van der Waals surface area contributed by atoms with Crippen molar-refractivity contribution < 1.29 is 4.79 Å². The number of rotatable bonds is 7. The largest absolute Gasteiger partial charge is 0.361 e. The van der Waals surface area contributed by atoms with Crippen LogP contribution in [0, 0.1) is 0 Å². The Bertz CT molecular complexity index is 1090. The number of anilines is 2. The molecule has 0 bridgehead atoms. The first-order valence-corrected chi connectivity index (χ1v) is 9.82. The predicted molar refractivity (Wildman–Crippen MR) is 118 cm³/mol. The quantitative estimate of drug-likeness (QED) is 0.482. The van der Waals surface area contributed by atoms with Gasteiger partial charge in [0, 0.05) is 30.2 Å². The topological polar surface area (TPSA) is 61.0 Å². The Morgan fingerprint density at radius 2 is 1.83 bits per heavy atom. The third kappa shape index (κ3) is 4.46. The summed E-state index contributed by atoms with van der Waals surface area (Å²) in [6, 6.07) is 22.2. The van der Waals surface area contributed by atoms with Crippen LogP contribution in [0.15, 0.2) is 79.1 Å². The standard InChI is InChI=1S/C24H24N4O/c1-2-28(17-18-8-4-3-5-9-18)23-13-12-20(16-26-23)27-24(29)14-19-15-25-22-11-7-6-10-21(19)22/h3-13,15-16,25H,2,14,17H2,1H3,(H,27,29). The van der Waals surface area contributed by atoms with Crippen molar-refractivity contribution in [1.29, 1.82) is 0 Å². The first kappa shape index (κ1) is 18.7. The summed E-state index contributed by atoms with van der Waals surface area (Å²) in [5.41, 5.74) is 3.98. The van der Waals surface area contributed by atoms with Gasteiger partial charge in [-0.05, 0) is 36.2 Å². The molecule has 0 saturated heterocycles. The Hall–Kier alpha value is -3.60. The number of nitrogens with zero attached hydrogens (tertiary/aromatic N) is 2. The molecule has 1 amide bonds. The molecule has 0 fully saturated rings. The first-order chi connectivity index (χ1) is 14.2. The number of fused-ring (bicyclic) bond motifs is 1. The van der Waals surface area contributed by atoms with Crippen LogP contribution in [0.1, 0.15) is 18.1 Å². The van der Waals surface area contributed by atoms with Crippen LogP contribution in [-0.4, -0.2) is 22.4 Å². The number of amides is 1. The zero-order valence-corrected chi connectivity index (χ0v) is 16.4. The van der Waals surface area contributed by atoms with E-state index in [-0.39, 0.29) is 5.91 Å². The van der Waals surface area contributed by atoms with Crippen LogP contribution in [0.5, 0.6) is 0 Å². The summed E-state index contributed by atoms with van der Waals surface area (Å²) in [6.07, 6.45) is 3.94. The maximum atomic E-state index is 12.5. The SMILES string of the molecule is CCN(Cc1ccccc1)c1ccc(NC(=O)Cc2c[nH]c3ccccc23)cn1. The summed E-state index contributed by atoms with van der Waals surface area (Å²) in [5, 5.41) is 4.02. The second kappa shape index (κ2) is 8.61. The fourth-order valence-electron chi connectivity index (χ4n) is 3.46. The van der Waals surface area contributed by atoms with Crippen LogP contribution in [0.4, 0.5) is 11.5 Å². The molecule has 0 aliphatic carbocycles. The van der Waals surface area contributed by atoms with E-state index < -0.39 is 0 Å². The van der Waals surface area contributed by atoms with Gasteiger partial charge in [0.1, 0.15) is 5.82 Å². The Kier molecular flexibility index (Phi) is 5.56. The monoisotopic (exact) mass is 384 g/mol. The van der Waals surface area contributed by atoms with Crippen molar-refractivity contribution in [3.63, 3.8) is 0 Å². The van der Waals surface area contributed by atoms with E-state index in [1.807, 2.05) is 60.8 Å². The molecule has 2 aromatic heterocycles. The van der Waals surface area contributed by atoms with Crippen molar-refractivity contribution in [3.05, 3.63) is 90.3 Å². The van der Waals surface area contributed by atoms with Gasteiger partial charge in [0.15, 0.2) is 0 Å². The molecule has 4 rings (SSSR count). The molecule has 2 N–H and O–H groups in total. The molecule has 0 aliphatic heterocycles. The van der Waals surface area contributed by atoms with Gasteiger partial charge in [0.05, 0.1) is 18.3 Å². The average molecular weight is 384 g/mol. The number of carbonyl (C=O) groups is 1. The van der Waals surface area contributed by atoms with Crippen LogP contribution in [0.2, 0.25) is 0 Å². The third-order valence-electron chi connectivity index (χ3n) is 4.98. The average Bonchev–Trinajstić information content (AvgIpc) is 3.16. The summed E-state index contributed by atoms with van der Waals surface area (Å²) in [6.45, 7) is 3.77. The van der Waals surface area contributed by atoms with Crippen LogP contribution >= 0.6 is 0 Å². The lowest BCUT2D eigenvalue weighted by atomic mass is 10.1. The van der Waals surface area contributed by atoms with Gasteiger partial charge < -0.3 is 15.2 Å². The minimum Gasteiger partial charge on any atom is -0.361 e. The molecular weight excluding hydrogens is 360 g/mol. The number of para-hydroxylation sites is 1. The van der Waals surface area contributed by atoms with E-state index in [0.29, 0.717) is 12.1 Å². The van der Waals surface area contributed by atoms with Crippen molar-refractivity contribution in [2.75, 3.05) is 16.8 Å². The van der Waals surface area contributed by atoms with Gasteiger partial charge in [-0.3, -0.25) is 4.79 Å². The molecule has 0 saturated carbocycles. The normalized spacial score (nSPS) is 10.8. The summed E-state index contributed by atoms with van der Waals surface area (Å²) in [7, 11) is 0. The molecule has 146 valence electrons. The number of pyridine rings is 1. The number of benzene rings is 2. The van der Waals surface area contributed by atoms with E-state index in [9.17, 15) is 4.79 Å². The van der Waals surface area contributed by atoms with E-state index in [1.165, 1.54) is 5.56 Å². The predicted octanol–water partition coefficient (Wildman–Crippen LogP) is 4.77. The first-order valence-electron chi connectivity index (χ1n) is 9.82. The molecule has 5 heteroatoms. The second-order valence-corrected chi connectivity index (χ2v) is 6.99. The lowest BCUT2D eigenvalue weighted by Gasteiger charge is -2.22. The van der Waals surface area contributed by atoms with Crippen molar-refractivity contribution in [1.82, 2.24) is 9.97 Å². The number of H-pyrrole nitrogens is 1. The highest BCUT2D eigenvalue weighted by atomic mass is 16.1. The van der Waals surface area contributed by atoms with E-state index in [4.69, 9.17) is 0 Å². The Balaban J connectivity index is 1.40. The summed E-state index contributed by atoms with van der Waals surface area (Å²) in [4.78, 5) is 22.4. The van der Waals surface area contributed by atoms with Crippen LogP contribution in [0.3, 0.4) is 0 Å². The molecule has 0 radical (unpaired) electrons. The Morgan fingerprint density at radius 3 is 2.59 bits per heavy atom. The molecule has 2 aromatic carbocycles.